The van der Waals surface area contributed by atoms with E-state index in [4.69, 9.17) is 30.4 Å². The summed E-state index contributed by atoms with van der Waals surface area (Å²) in [7, 11) is 0. The largest absolute Gasteiger partial charge is 0.494 e. The van der Waals surface area contributed by atoms with Gasteiger partial charge in [0.05, 0.1) is 17.7 Å². The minimum Gasteiger partial charge on any atom is -0.494 e. The van der Waals surface area contributed by atoms with Crippen LogP contribution in [0.5, 0.6) is 11.5 Å². The van der Waals surface area contributed by atoms with Crippen LogP contribution in [0.1, 0.15) is 47.2 Å². The molecule has 0 fully saturated rings. The van der Waals surface area contributed by atoms with E-state index >= 15 is 0 Å². The Morgan fingerprint density at radius 3 is 1.98 bits per heavy atom. The van der Waals surface area contributed by atoms with Gasteiger partial charge in [0.1, 0.15) is 24.7 Å². The monoisotopic (exact) mass is 622 g/mol. The van der Waals surface area contributed by atoms with E-state index in [1.54, 1.807) is 0 Å². The Bertz CT molecular complexity index is 1390. The second kappa shape index (κ2) is 15.6. The summed E-state index contributed by atoms with van der Waals surface area (Å²) >= 11 is 0. The zero-order valence-corrected chi connectivity index (χ0v) is 23.4. The molecule has 0 unspecified atom stereocenters. The Morgan fingerprint density at radius 1 is 0.727 bits per heavy atom. The van der Waals surface area contributed by atoms with E-state index in [1.165, 1.54) is 60.7 Å². The predicted molar refractivity (Wildman–Crippen MR) is 153 cm³/mol. The van der Waals surface area contributed by atoms with E-state index < -0.39 is 36.2 Å². The van der Waals surface area contributed by atoms with Crippen molar-refractivity contribution in [3.05, 3.63) is 89.5 Å². The Labute approximate surface area is 250 Å². The number of anilines is 2. The first-order chi connectivity index (χ1) is 20.8. The third kappa shape index (κ3) is 11.8. The summed E-state index contributed by atoms with van der Waals surface area (Å²) in [6, 6.07) is 14.7. The molecule has 0 aromatic heterocycles. The van der Waals surface area contributed by atoms with Crippen molar-refractivity contribution >= 4 is 29.4 Å². The van der Waals surface area contributed by atoms with Gasteiger partial charge in [-0.25, -0.2) is 9.59 Å². The van der Waals surface area contributed by atoms with Gasteiger partial charge in [0.15, 0.2) is 0 Å². The second-order valence-electron chi connectivity index (χ2n) is 9.51. The summed E-state index contributed by atoms with van der Waals surface area (Å²) in [5, 5.41) is 0. The van der Waals surface area contributed by atoms with Gasteiger partial charge in [0.2, 0.25) is 0 Å². The Morgan fingerprint density at radius 2 is 1.34 bits per heavy atom. The van der Waals surface area contributed by atoms with Crippen molar-refractivity contribution in [2.45, 2.75) is 38.0 Å². The van der Waals surface area contributed by atoms with Gasteiger partial charge in [-0.1, -0.05) is 12.1 Å². The van der Waals surface area contributed by atoms with E-state index in [2.05, 4.69) is 0 Å². The number of carbonyl (C=O) groups excluding carboxylic acids is 2. The maximum absolute atomic E-state index is 14.7. The first-order valence-electron chi connectivity index (χ1n) is 13.5. The normalized spacial score (nSPS) is 11.8. The highest BCUT2D eigenvalue weighted by atomic mass is 19.4. The molecular weight excluding hydrogens is 591 g/mol. The van der Waals surface area contributed by atoms with Gasteiger partial charge in [-0.2, -0.15) is 22.0 Å². The number of unbranched alkanes of at least 4 members (excludes halogenated alkanes) is 2. The first-order valence-corrected chi connectivity index (χ1v) is 13.5. The summed E-state index contributed by atoms with van der Waals surface area (Å²) < 4.78 is 86.0. The molecule has 0 aliphatic carbocycles. The third-order valence-electron chi connectivity index (χ3n) is 5.88. The number of nitrogen functional groups attached to an aromatic ring is 2. The third-order valence-corrected chi connectivity index (χ3v) is 5.88. The molecular formula is C31H31F5N2O6. The van der Waals surface area contributed by atoms with Crippen molar-refractivity contribution in [2.75, 3.05) is 31.3 Å². The smallest absolute Gasteiger partial charge is 0.426 e. The quantitative estimate of drug-likeness (QED) is 0.0618. The molecule has 3 aromatic rings. The molecule has 0 atom stereocenters. The molecule has 0 spiro atoms. The van der Waals surface area contributed by atoms with Crippen LogP contribution >= 0.6 is 0 Å². The first kappa shape index (κ1) is 33.7. The second-order valence-corrected chi connectivity index (χ2v) is 9.51. The van der Waals surface area contributed by atoms with Crippen molar-refractivity contribution in [2.24, 2.45) is 0 Å². The number of carbonyl (C=O) groups is 2. The van der Waals surface area contributed by atoms with E-state index in [1.807, 2.05) is 0 Å². The molecule has 3 aromatic carbocycles. The fourth-order valence-corrected chi connectivity index (χ4v) is 3.76. The van der Waals surface area contributed by atoms with E-state index in [-0.39, 0.29) is 37.6 Å². The van der Waals surface area contributed by atoms with Crippen molar-refractivity contribution in [1.29, 1.82) is 0 Å². The number of alkyl halides is 5. The molecule has 0 aliphatic rings. The van der Waals surface area contributed by atoms with Gasteiger partial charge in [0.25, 0.3) is 0 Å². The van der Waals surface area contributed by atoms with Crippen LogP contribution in [0.3, 0.4) is 0 Å². The molecule has 44 heavy (non-hydrogen) atoms. The summed E-state index contributed by atoms with van der Waals surface area (Å²) in [5.41, 5.74) is 12.1. The summed E-state index contributed by atoms with van der Waals surface area (Å²) in [6.07, 6.45) is -5.43. The highest BCUT2D eigenvalue weighted by Crippen LogP contribution is 2.33. The summed E-state index contributed by atoms with van der Waals surface area (Å²) in [6.45, 7) is -0.232. The summed E-state index contributed by atoms with van der Waals surface area (Å²) in [5.74, 6) is -1.21. The molecule has 8 nitrogen and oxygen atoms in total. The lowest BCUT2D eigenvalue weighted by Crippen LogP contribution is -2.21. The van der Waals surface area contributed by atoms with Crippen LogP contribution in [0.4, 0.5) is 33.3 Å². The average Bonchev–Trinajstić information content (AvgIpc) is 2.95. The number of rotatable bonds is 15. The number of ether oxygens (including phenoxy) is 4. The van der Waals surface area contributed by atoms with E-state index in [9.17, 15) is 31.5 Å². The maximum atomic E-state index is 14.7. The van der Waals surface area contributed by atoms with Gasteiger partial charge in [-0.05, 0) is 85.5 Å². The molecule has 0 aliphatic heterocycles. The minimum absolute atomic E-state index is 0.00303. The van der Waals surface area contributed by atoms with Crippen LogP contribution < -0.4 is 20.9 Å². The molecule has 0 amide bonds. The molecule has 13 heteroatoms. The zero-order valence-electron chi connectivity index (χ0n) is 23.4. The van der Waals surface area contributed by atoms with Crippen molar-refractivity contribution in [3.8, 4) is 11.5 Å². The summed E-state index contributed by atoms with van der Waals surface area (Å²) in [4.78, 5) is 24.0. The fourth-order valence-electron chi connectivity index (χ4n) is 3.76. The molecule has 3 rings (SSSR count). The topological polar surface area (TPSA) is 123 Å². The average molecular weight is 623 g/mol. The predicted octanol–water partition coefficient (Wildman–Crippen LogP) is 6.89. The van der Waals surface area contributed by atoms with E-state index in [0.717, 1.165) is 18.2 Å². The minimum atomic E-state index is -4.18. The van der Waals surface area contributed by atoms with Crippen LogP contribution in [0.2, 0.25) is 0 Å². The number of hydrogen-bond donors (Lipinski definition) is 2. The standard InChI is InChI=1S/C31H31F5N2O6/c32-30(33,34)14-2-1-3-15-41-26-11-7-23(8-12-26)31(35,36)44-27-9-4-21(5-10-27)6-13-28(39)42-16-17-43-29(40)22-18-24(37)20-25(38)19-22/h4-13,18-20H,1-3,14-17,37-38H2/b13-6+. The lowest BCUT2D eigenvalue weighted by atomic mass is 10.2. The Hall–Kier alpha value is -4.81. The van der Waals surface area contributed by atoms with Gasteiger partial charge >= 0.3 is 24.2 Å². The number of benzene rings is 3. The highest BCUT2D eigenvalue weighted by molar-refractivity contribution is 5.91. The van der Waals surface area contributed by atoms with Crippen molar-refractivity contribution < 1.29 is 50.5 Å². The zero-order chi connectivity index (χ0) is 32.2. The van der Waals surface area contributed by atoms with Crippen LogP contribution in [0, 0.1) is 0 Å². The lowest BCUT2D eigenvalue weighted by molar-refractivity contribution is -0.185. The molecule has 236 valence electrons. The molecule has 0 heterocycles. The molecule has 4 N–H and O–H groups in total. The highest BCUT2D eigenvalue weighted by Gasteiger charge is 2.34. The van der Waals surface area contributed by atoms with Gasteiger partial charge in [-0.3, -0.25) is 0 Å². The SMILES string of the molecule is Nc1cc(N)cc(C(=O)OCCOC(=O)/C=C/c2ccc(OC(F)(F)c3ccc(OCCCCCC(F)(F)F)cc3)cc2)c1. The number of hydrogen-bond acceptors (Lipinski definition) is 8. The molecule has 0 saturated carbocycles. The van der Waals surface area contributed by atoms with Crippen molar-refractivity contribution in [1.82, 2.24) is 0 Å². The van der Waals surface area contributed by atoms with Crippen LogP contribution in [-0.2, 0) is 20.4 Å². The Balaban J connectivity index is 1.39. The number of nitrogens with two attached hydrogens (primary N) is 2. The molecule has 0 radical (unpaired) electrons. The van der Waals surface area contributed by atoms with Gasteiger partial charge in [-0.15, -0.1) is 0 Å². The van der Waals surface area contributed by atoms with Crippen LogP contribution in [0.15, 0.2) is 72.8 Å². The van der Waals surface area contributed by atoms with Crippen LogP contribution in [-0.4, -0.2) is 37.9 Å². The number of esters is 2. The maximum Gasteiger partial charge on any atom is 0.426 e. The van der Waals surface area contributed by atoms with Crippen molar-refractivity contribution in [3.63, 3.8) is 0 Å². The van der Waals surface area contributed by atoms with Crippen LogP contribution in [0.25, 0.3) is 6.08 Å². The van der Waals surface area contributed by atoms with E-state index in [0.29, 0.717) is 35.5 Å². The fraction of sp³-hybridized carbons (Fsp3) is 0.290. The van der Waals surface area contributed by atoms with Gasteiger partial charge < -0.3 is 30.4 Å². The number of halogens is 5. The molecule has 0 saturated heterocycles. The Kier molecular flexibility index (Phi) is 11.9. The lowest BCUT2D eigenvalue weighted by Gasteiger charge is -2.18. The molecule has 0 bridgehead atoms. The van der Waals surface area contributed by atoms with Gasteiger partial charge in [0, 0.05) is 23.9 Å².